The monoisotopic (exact) mass is 298 g/mol. The number of benzene rings is 1. The molecule has 1 amide bonds. The lowest BCUT2D eigenvalue weighted by molar-refractivity contribution is 0.0917. The Morgan fingerprint density at radius 3 is 2.55 bits per heavy atom. The largest absolute Gasteiger partial charge is 0.441 e. The molecule has 3 rings (SSSR count). The molecule has 1 aromatic heterocycles. The number of amides is 1. The zero-order valence-corrected chi connectivity index (χ0v) is 13.1. The van der Waals surface area contributed by atoms with Crippen molar-refractivity contribution in [1.82, 2.24) is 10.3 Å². The summed E-state index contributed by atoms with van der Waals surface area (Å²) >= 11 is 0. The van der Waals surface area contributed by atoms with E-state index in [1.165, 1.54) is 12.8 Å². The molecule has 0 spiro atoms. The molecule has 0 saturated heterocycles. The molecule has 22 heavy (non-hydrogen) atoms. The van der Waals surface area contributed by atoms with E-state index in [0.29, 0.717) is 17.3 Å². The molecule has 116 valence electrons. The van der Waals surface area contributed by atoms with Gasteiger partial charge in [-0.1, -0.05) is 25.1 Å². The number of carbonyl (C=O) groups is 1. The van der Waals surface area contributed by atoms with Crippen molar-refractivity contribution in [3.05, 3.63) is 41.8 Å². The fourth-order valence-electron chi connectivity index (χ4n) is 2.97. The molecule has 0 atom stereocenters. The van der Waals surface area contributed by atoms with Gasteiger partial charge in [-0.25, -0.2) is 4.98 Å². The van der Waals surface area contributed by atoms with Gasteiger partial charge in [-0.3, -0.25) is 4.79 Å². The average molecular weight is 298 g/mol. The van der Waals surface area contributed by atoms with Crippen LogP contribution >= 0.6 is 0 Å². The molecule has 0 bridgehead atoms. The maximum Gasteiger partial charge on any atom is 0.273 e. The number of rotatable bonds is 3. The van der Waals surface area contributed by atoms with Crippen LogP contribution in [0.2, 0.25) is 0 Å². The third kappa shape index (κ3) is 3.21. The van der Waals surface area contributed by atoms with Gasteiger partial charge in [-0.05, 0) is 50.7 Å². The lowest BCUT2D eigenvalue weighted by Crippen LogP contribution is -2.37. The van der Waals surface area contributed by atoms with Gasteiger partial charge < -0.3 is 9.73 Å². The highest BCUT2D eigenvalue weighted by Crippen LogP contribution is 2.25. The van der Waals surface area contributed by atoms with Gasteiger partial charge in [0.15, 0.2) is 5.69 Å². The van der Waals surface area contributed by atoms with Crippen molar-refractivity contribution in [2.75, 3.05) is 0 Å². The predicted molar refractivity (Wildman–Crippen MR) is 85.6 cm³/mol. The van der Waals surface area contributed by atoms with E-state index >= 15 is 0 Å². The predicted octanol–water partition coefficient (Wildman–Crippen LogP) is 3.96. The van der Waals surface area contributed by atoms with Crippen molar-refractivity contribution in [2.24, 2.45) is 5.92 Å². The minimum atomic E-state index is -0.122. The number of hydrogen-bond donors (Lipinski definition) is 1. The van der Waals surface area contributed by atoms with Crippen LogP contribution in [0.3, 0.4) is 0 Å². The fourth-order valence-corrected chi connectivity index (χ4v) is 2.97. The van der Waals surface area contributed by atoms with E-state index in [1.807, 2.05) is 30.3 Å². The Labute approximate surface area is 130 Å². The van der Waals surface area contributed by atoms with Crippen molar-refractivity contribution < 1.29 is 9.21 Å². The van der Waals surface area contributed by atoms with Crippen LogP contribution in [0.25, 0.3) is 11.5 Å². The molecular weight excluding hydrogens is 276 g/mol. The van der Waals surface area contributed by atoms with E-state index in [2.05, 4.69) is 17.2 Å². The van der Waals surface area contributed by atoms with E-state index in [0.717, 1.165) is 24.3 Å². The first-order valence-corrected chi connectivity index (χ1v) is 7.97. The summed E-state index contributed by atoms with van der Waals surface area (Å²) < 4.78 is 5.66. The second kappa shape index (κ2) is 6.34. The maximum absolute atomic E-state index is 12.4. The van der Waals surface area contributed by atoms with Gasteiger partial charge >= 0.3 is 0 Å². The van der Waals surface area contributed by atoms with Crippen LogP contribution in [-0.2, 0) is 0 Å². The summed E-state index contributed by atoms with van der Waals surface area (Å²) in [5.41, 5.74) is 1.29. The number of carbonyl (C=O) groups excluding carboxylic acids is 1. The van der Waals surface area contributed by atoms with Gasteiger partial charge in [0.1, 0.15) is 5.76 Å². The van der Waals surface area contributed by atoms with E-state index < -0.39 is 0 Å². The van der Waals surface area contributed by atoms with Crippen molar-refractivity contribution in [1.29, 1.82) is 0 Å². The SMILES string of the molecule is Cc1oc(-c2ccccc2)nc1C(=O)NC1CCC(C)CC1. The second-order valence-electron chi connectivity index (χ2n) is 6.22. The summed E-state index contributed by atoms with van der Waals surface area (Å²) in [4.78, 5) is 16.8. The van der Waals surface area contributed by atoms with Crippen LogP contribution in [0.4, 0.5) is 0 Å². The second-order valence-corrected chi connectivity index (χ2v) is 6.22. The molecule has 2 aromatic rings. The third-order valence-electron chi connectivity index (χ3n) is 4.38. The van der Waals surface area contributed by atoms with E-state index in [-0.39, 0.29) is 11.9 Å². The molecule has 1 aromatic carbocycles. The van der Waals surface area contributed by atoms with Gasteiger partial charge in [0.2, 0.25) is 5.89 Å². The first-order valence-electron chi connectivity index (χ1n) is 7.97. The Bertz CT molecular complexity index is 640. The molecule has 4 nitrogen and oxygen atoms in total. The van der Waals surface area contributed by atoms with Crippen LogP contribution in [0.1, 0.15) is 48.9 Å². The Balaban J connectivity index is 1.72. The Hall–Kier alpha value is -2.10. The van der Waals surface area contributed by atoms with Crippen LogP contribution in [0.15, 0.2) is 34.7 Å². The Morgan fingerprint density at radius 1 is 1.18 bits per heavy atom. The highest BCUT2D eigenvalue weighted by molar-refractivity contribution is 5.93. The molecule has 1 aliphatic carbocycles. The fraction of sp³-hybridized carbons (Fsp3) is 0.444. The van der Waals surface area contributed by atoms with E-state index in [9.17, 15) is 4.79 Å². The summed E-state index contributed by atoms with van der Waals surface area (Å²) in [5, 5.41) is 3.10. The number of oxazole rings is 1. The number of nitrogens with zero attached hydrogens (tertiary/aromatic N) is 1. The zero-order valence-electron chi connectivity index (χ0n) is 13.1. The normalized spacial score (nSPS) is 21.5. The van der Waals surface area contributed by atoms with Gasteiger partial charge in [0, 0.05) is 11.6 Å². The maximum atomic E-state index is 12.4. The van der Waals surface area contributed by atoms with Crippen molar-refractivity contribution in [3.63, 3.8) is 0 Å². The minimum Gasteiger partial charge on any atom is -0.441 e. The first kappa shape index (κ1) is 14.8. The van der Waals surface area contributed by atoms with Crippen LogP contribution < -0.4 is 5.32 Å². The standard InChI is InChI=1S/C18H22N2O2/c1-12-8-10-15(11-9-12)19-17(21)16-13(2)22-18(20-16)14-6-4-3-5-7-14/h3-7,12,15H,8-11H2,1-2H3,(H,19,21). The van der Waals surface area contributed by atoms with E-state index in [4.69, 9.17) is 4.42 Å². The summed E-state index contributed by atoms with van der Waals surface area (Å²) in [6.45, 7) is 4.06. The quantitative estimate of drug-likeness (QED) is 0.933. The molecule has 1 N–H and O–H groups in total. The highest BCUT2D eigenvalue weighted by atomic mass is 16.4. The van der Waals surface area contributed by atoms with Gasteiger partial charge in [-0.15, -0.1) is 0 Å². The van der Waals surface area contributed by atoms with Gasteiger partial charge in [0.25, 0.3) is 5.91 Å². The minimum absolute atomic E-state index is 0.122. The van der Waals surface area contributed by atoms with Crippen molar-refractivity contribution in [3.8, 4) is 11.5 Å². The van der Waals surface area contributed by atoms with E-state index in [1.54, 1.807) is 6.92 Å². The summed E-state index contributed by atoms with van der Waals surface area (Å²) in [6, 6.07) is 9.91. The molecule has 0 aliphatic heterocycles. The summed E-state index contributed by atoms with van der Waals surface area (Å²) in [7, 11) is 0. The van der Waals surface area contributed by atoms with Gasteiger partial charge in [-0.2, -0.15) is 0 Å². The van der Waals surface area contributed by atoms with Crippen LogP contribution in [0, 0.1) is 12.8 Å². The number of nitrogens with one attached hydrogen (secondary N) is 1. The number of hydrogen-bond acceptors (Lipinski definition) is 3. The molecule has 1 saturated carbocycles. The molecule has 0 unspecified atom stereocenters. The average Bonchev–Trinajstić information content (AvgIpc) is 2.92. The van der Waals surface area contributed by atoms with Crippen LogP contribution in [0.5, 0.6) is 0 Å². The molecule has 1 fully saturated rings. The molecule has 4 heteroatoms. The number of aryl methyl sites for hydroxylation is 1. The summed E-state index contributed by atoms with van der Waals surface area (Å²) in [6.07, 6.45) is 4.46. The van der Waals surface area contributed by atoms with Gasteiger partial charge in [0.05, 0.1) is 0 Å². The third-order valence-corrected chi connectivity index (χ3v) is 4.38. The highest BCUT2D eigenvalue weighted by Gasteiger charge is 2.23. The Kier molecular flexibility index (Phi) is 4.27. The molecular formula is C18H22N2O2. The first-order chi connectivity index (χ1) is 10.6. The zero-order chi connectivity index (χ0) is 15.5. The molecule has 0 radical (unpaired) electrons. The van der Waals surface area contributed by atoms with Crippen molar-refractivity contribution >= 4 is 5.91 Å². The molecule has 1 aliphatic rings. The lowest BCUT2D eigenvalue weighted by Gasteiger charge is -2.26. The lowest BCUT2D eigenvalue weighted by atomic mass is 9.87. The summed E-state index contributed by atoms with van der Waals surface area (Å²) in [5.74, 6) is 1.72. The number of aromatic nitrogens is 1. The van der Waals surface area contributed by atoms with Crippen LogP contribution in [-0.4, -0.2) is 16.9 Å². The Morgan fingerprint density at radius 2 is 1.86 bits per heavy atom. The van der Waals surface area contributed by atoms with Crippen molar-refractivity contribution in [2.45, 2.75) is 45.6 Å². The smallest absolute Gasteiger partial charge is 0.273 e. The molecule has 1 heterocycles. The topological polar surface area (TPSA) is 55.1 Å².